The van der Waals surface area contributed by atoms with E-state index in [4.69, 9.17) is 0 Å². The number of aliphatic hydroxyl groups excluding tert-OH is 1. The number of allylic oxidation sites excluding steroid dienone is 1. The Balaban J connectivity index is 2.03. The van der Waals surface area contributed by atoms with Gasteiger partial charge < -0.3 is 20.6 Å². The zero-order valence-corrected chi connectivity index (χ0v) is 20.6. The van der Waals surface area contributed by atoms with Gasteiger partial charge in [0.25, 0.3) is 0 Å². The third kappa shape index (κ3) is 5.19. The maximum absolute atomic E-state index is 14.0. The molecule has 2 aliphatic rings. The first-order valence-electron chi connectivity index (χ1n) is 12.7. The van der Waals surface area contributed by atoms with Crippen LogP contribution in [0.1, 0.15) is 57.6 Å². The summed E-state index contributed by atoms with van der Waals surface area (Å²) in [4.78, 5) is 42.1. The highest BCUT2D eigenvalue weighted by Crippen LogP contribution is 2.47. The Morgan fingerprint density at radius 1 is 1.06 bits per heavy atom. The zero-order valence-electron chi connectivity index (χ0n) is 20.6. The van der Waals surface area contributed by atoms with Crippen LogP contribution < -0.4 is 10.6 Å². The lowest BCUT2D eigenvalue weighted by atomic mass is 9.68. The Hall–Kier alpha value is -2.67. The van der Waals surface area contributed by atoms with Crippen molar-refractivity contribution in [1.29, 1.82) is 0 Å². The third-order valence-corrected chi connectivity index (χ3v) is 7.26. The lowest BCUT2D eigenvalue weighted by molar-refractivity contribution is -0.143. The largest absolute Gasteiger partial charge is 0.394 e. The van der Waals surface area contributed by atoms with E-state index in [0.29, 0.717) is 6.54 Å². The van der Waals surface area contributed by atoms with Crippen LogP contribution in [0.25, 0.3) is 0 Å². The van der Waals surface area contributed by atoms with Crippen LogP contribution >= 0.6 is 0 Å². The van der Waals surface area contributed by atoms with Crippen LogP contribution in [-0.4, -0.2) is 54.0 Å². The molecule has 3 N–H and O–H groups in total. The molecule has 1 heterocycles. The number of amides is 3. The number of nitrogens with zero attached hydrogens (tertiary/aromatic N) is 1. The molecular weight excluding hydrogens is 430 g/mol. The third-order valence-electron chi connectivity index (χ3n) is 7.26. The molecule has 7 nitrogen and oxygen atoms in total. The molecule has 0 spiro atoms. The van der Waals surface area contributed by atoms with Gasteiger partial charge in [-0.05, 0) is 24.3 Å². The van der Waals surface area contributed by atoms with Crippen LogP contribution in [0.15, 0.2) is 42.5 Å². The first-order chi connectivity index (χ1) is 16.5. The number of benzene rings is 1. The van der Waals surface area contributed by atoms with Crippen LogP contribution in [0, 0.1) is 23.7 Å². The first kappa shape index (κ1) is 25.9. The molecule has 0 unspecified atom stereocenters. The minimum Gasteiger partial charge on any atom is -0.394 e. The van der Waals surface area contributed by atoms with Gasteiger partial charge in [-0.2, -0.15) is 0 Å². The summed E-state index contributed by atoms with van der Waals surface area (Å²) in [6.45, 7) is 4.40. The Morgan fingerprint density at radius 3 is 2.41 bits per heavy atom. The highest BCUT2D eigenvalue weighted by atomic mass is 16.3. The fourth-order valence-corrected chi connectivity index (χ4v) is 5.63. The summed E-state index contributed by atoms with van der Waals surface area (Å²) >= 11 is 0. The van der Waals surface area contributed by atoms with Gasteiger partial charge >= 0.3 is 0 Å². The minimum atomic E-state index is -0.775. The van der Waals surface area contributed by atoms with Crippen LogP contribution in [0.5, 0.6) is 0 Å². The molecule has 0 bridgehead atoms. The topological polar surface area (TPSA) is 98.7 Å². The van der Waals surface area contributed by atoms with Gasteiger partial charge in [0.15, 0.2) is 0 Å². The predicted molar refractivity (Wildman–Crippen MR) is 132 cm³/mol. The number of likely N-dealkylation sites (tertiary alicyclic amines) is 1. The fourth-order valence-electron chi connectivity index (χ4n) is 5.63. The number of hydrogen-bond donors (Lipinski definition) is 3. The van der Waals surface area contributed by atoms with Crippen molar-refractivity contribution in [3.8, 4) is 0 Å². The lowest BCUT2D eigenvalue weighted by Crippen LogP contribution is -2.49. The number of carbonyl (C=O) groups excluding carboxylic acids is 3. The summed E-state index contributed by atoms with van der Waals surface area (Å²) in [5.41, 5.74) is 0.770. The number of fused-ring (bicyclic) bond motifs is 1. The molecule has 3 rings (SSSR count). The molecule has 1 aliphatic carbocycles. The SMILES string of the molecule is CCCCCNC(=O)[C@@H]1[C@H]2C=C[C@@H](CCC)[C@@H](C(=O)NC)[C@@H]2C(=O)N1[C@H](CO)c1ccccc1. The first-order valence-corrected chi connectivity index (χ1v) is 12.7. The summed E-state index contributed by atoms with van der Waals surface area (Å²) in [6.07, 6.45) is 8.61. The number of nitrogens with one attached hydrogen (secondary N) is 2. The van der Waals surface area contributed by atoms with E-state index in [1.165, 1.54) is 0 Å². The lowest BCUT2D eigenvalue weighted by Gasteiger charge is -2.34. The van der Waals surface area contributed by atoms with Crippen molar-refractivity contribution in [2.75, 3.05) is 20.2 Å². The summed E-state index contributed by atoms with van der Waals surface area (Å²) in [7, 11) is 1.59. The van der Waals surface area contributed by atoms with Crippen LogP contribution in [0.3, 0.4) is 0 Å². The molecule has 0 radical (unpaired) electrons. The fraction of sp³-hybridized carbons (Fsp3) is 0.593. The molecule has 1 saturated heterocycles. The quantitative estimate of drug-likeness (QED) is 0.343. The van der Waals surface area contributed by atoms with Crippen LogP contribution in [-0.2, 0) is 14.4 Å². The number of hydrogen-bond acceptors (Lipinski definition) is 4. The molecule has 34 heavy (non-hydrogen) atoms. The molecule has 1 aromatic carbocycles. The second-order valence-corrected chi connectivity index (χ2v) is 9.38. The van der Waals surface area contributed by atoms with E-state index >= 15 is 0 Å². The summed E-state index contributed by atoms with van der Waals surface area (Å²) < 4.78 is 0. The normalized spacial score (nSPS) is 26.8. The number of aliphatic hydroxyl groups is 1. The number of carbonyl (C=O) groups is 3. The van der Waals surface area contributed by atoms with E-state index in [9.17, 15) is 19.5 Å². The molecular formula is C27H39N3O4. The average Bonchev–Trinajstić information content (AvgIpc) is 3.15. The number of unbranched alkanes of at least 4 members (excludes halogenated alkanes) is 2. The second-order valence-electron chi connectivity index (χ2n) is 9.38. The molecule has 0 saturated carbocycles. The number of rotatable bonds is 11. The van der Waals surface area contributed by atoms with Gasteiger partial charge in [0.05, 0.1) is 24.5 Å². The van der Waals surface area contributed by atoms with Gasteiger partial charge in [-0.15, -0.1) is 0 Å². The van der Waals surface area contributed by atoms with Gasteiger partial charge in [-0.1, -0.05) is 75.6 Å². The summed E-state index contributed by atoms with van der Waals surface area (Å²) in [5.74, 6) is -2.29. The molecule has 0 aromatic heterocycles. The maximum atomic E-state index is 14.0. The molecule has 3 amide bonds. The highest BCUT2D eigenvalue weighted by molar-refractivity contribution is 5.97. The Labute approximate surface area is 203 Å². The van der Waals surface area contributed by atoms with E-state index in [2.05, 4.69) is 24.5 Å². The minimum absolute atomic E-state index is 0.0623. The van der Waals surface area contributed by atoms with E-state index in [1.807, 2.05) is 42.5 Å². The van der Waals surface area contributed by atoms with Crippen molar-refractivity contribution in [2.45, 2.75) is 58.0 Å². The average molecular weight is 470 g/mol. The Morgan fingerprint density at radius 2 is 1.79 bits per heavy atom. The monoisotopic (exact) mass is 469 g/mol. The van der Waals surface area contributed by atoms with Crippen molar-refractivity contribution in [3.05, 3.63) is 48.0 Å². The van der Waals surface area contributed by atoms with Gasteiger partial charge in [0.1, 0.15) is 6.04 Å². The van der Waals surface area contributed by atoms with Gasteiger partial charge in [-0.25, -0.2) is 0 Å². The van der Waals surface area contributed by atoms with E-state index in [1.54, 1.807) is 11.9 Å². The van der Waals surface area contributed by atoms with Crippen molar-refractivity contribution in [1.82, 2.24) is 15.5 Å². The molecule has 186 valence electrons. The van der Waals surface area contributed by atoms with E-state index in [0.717, 1.165) is 37.7 Å². The molecule has 1 fully saturated rings. The zero-order chi connectivity index (χ0) is 24.7. The van der Waals surface area contributed by atoms with Crippen LogP contribution in [0.4, 0.5) is 0 Å². The van der Waals surface area contributed by atoms with Crippen molar-refractivity contribution in [3.63, 3.8) is 0 Å². The Bertz CT molecular complexity index is 872. The maximum Gasteiger partial charge on any atom is 0.243 e. The van der Waals surface area contributed by atoms with Gasteiger partial charge in [0, 0.05) is 19.5 Å². The molecule has 1 aromatic rings. The van der Waals surface area contributed by atoms with E-state index in [-0.39, 0.29) is 30.2 Å². The molecule has 1 aliphatic heterocycles. The standard InChI is InChI=1S/C27H39N3O4/c1-4-6-10-16-29-26(33)24-20-15-14-19(11-5-2)22(25(32)28-3)23(20)27(34)30(24)21(17-31)18-12-8-7-9-13-18/h7-9,12-15,19-24,31H,4-6,10-11,16-17H2,1-3H3,(H,28,32)(H,29,33)/t19-,20+,21-,22-,23-,24+/m1/s1. The summed E-state index contributed by atoms with van der Waals surface area (Å²) in [6, 6.07) is 7.88. The summed E-state index contributed by atoms with van der Waals surface area (Å²) in [5, 5.41) is 16.1. The molecule has 6 atom stereocenters. The van der Waals surface area contributed by atoms with Crippen molar-refractivity contribution in [2.24, 2.45) is 23.7 Å². The van der Waals surface area contributed by atoms with Crippen molar-refractivity contribution >= 4 is 17.7 Å². The highest BCUT2D eigenvalue weighted by Gasteiger charge is 2.58. The molecule has 7 heteroatoms. The van der Waals surface area contributed by atoms with Gasteiger partial charge in [-0.3, -0.25) is 14.4 Å². The Kier molecular flexibility index (Phi) is 9.28. The van der Waals surface area contributed by atoms with Gasteiger partial charge in [0.2, 0.25) is 17.7 Å². The second kappa shape index (κ2) is 12.2. The van der Waals surface area contributed by atoms with E-state index < -0.39 is 29.8 Å². The smallest absolute Gasteiger partial charge is 0.243 e. The van der Waals surface area contributed by atoms with Crippen molar-refractivity contribution < 1.29 is 19.5 Å². The van der Waals surface area contributed by atoms with Crippen LogP contribution in [0.2, 0.25) is 0 Å². The predicted octanol–water partition coefficient (Wildman–Crippen LogP) is 2.82.